The fourth-order valence-corrected chi connectivity index (χ4v) is 3.84. The second-order valence-electron chi connectivity index (χ2n) is 6.69. The van der Waals surface area contributed by atoms with E-state index in [9.17, 15) is 4.79 Å². The van der Waals surface area contributed by atoms with Crippen molar-refractivity contribution in [1.82, 2.24) is 10.2 Å². The number of primary amides is 1. The maximum atomic E-state index is 10.9. The van der Waals surface area contributed by atoms with Gasteiger partial charge in [0.25, 0.3) is 0 Å². The van der Waals surface area contributed by atoms with E-state index < -0.39 is 0 Å². The molecule has 2 aliphatic rings. The Morgan fingerprint density at radius 1 is 1.10 bits per heavy atom. The molecule has 0 aromatic heterocycles. The Balaban J connectivity index is 1.62. The highest BCUT2D eigenvalue weighted by Gasteiger charge is 2.25. The van der Waals surface area contributed by atoms with Gasteiger partial charge in [-0.2, -0.15) is 0 Å². The van der Waals surface area contributed by atoms with Gasteiger partial charge in [-0.25, -0.2) is 0 Å². The molecule has 0 aromatic carbocycles. The molecule has 0 aromatic rings. The molecule has 1 amide bonds. The number of piperidine rings is 1. The van der Waals surface area contributed by atoms with E-state index >= 15 is 0 Å². The van der Waals surface area contributed by atoms with Crippen LogP contribution in [0.25, 0.3) is 0 Å². The van der Waals surface area contributed by atoms with Crippen LogP contribution in [0.5, 0.6) is 0 Å². The Morgan fingerprint density at radius 3 is 2.25 bits per heavy atom. The van der Waals surface area contributed by atoms with Gasteiger partial charge < -0.3 is 11.1 Å². The third-order valence-corrected chi connectivity index (χ3v) is 4.98. The standard InChI is InChI=1S/C16H31N3O/c1-2-3-13-4-6-14(7-5-13)18-15-8-10-19(11-9-15)12-16(17)20/h13-15,18H,2-12H2,1H3,(H2,17,20). The van der Waals surface area contributed by atoms with E-state index in [4.69, 9.17) is 5.73 Å². The lowest BCUT2D eigenvalue weighted by Crippen LogP contribution is -2.48. The van der Waals surface area contributed by atoms with Crippen molar-refractivity contribution >= 4 is 5.91 Å². The number of rotatable bonds is 6. The molecule has 4 nitrogen and oxygen atoms in total. The highest BCUT2D eigenvalue weighted by Crippen LogP contribution is 2.28. The van der Waals surface area contributed by atoms with Gasteiger partial charge in [0.05, 0.1) is 6.54 Å². The molecule has 2 rings (SSSR count). The maximum absolute atomic E-state index is 10.9. The summed E-state index contributed by atoms with van der Waals surface area (Å²) in [7, 11) is 0. The largest absolute Gasteiger partial charge is 0.369 e. The normalized spacial score (nSPS) is 29.4. The van der Waals surface area contributed by atoms with Crippen LogP contribution in [0.3, 0.4) is 0 Å². The molecule has 1 aliphatic carbocycles. The average molecular weight is 281 g/mol. The van der Waals surface area contributed by atoms with Crippen LogP contribution in [0.1, 0.15) is 58.3 Å². The Hall–Kier alpha value is -0.610. The van der Waals surface area contributed by atoms with Crippen molar-refractivity contribution in [2.24, 2.45) is 11.7 Å². The number of nitrogens with zero attached hydrogens (tertiary/aromatic N) is 1. The molecule has 0 radical (unpaired) electrons. The number of hydrogen-bond acceptors (Lipinski definition) is 3. The lowest BCUT2D eigenvalue weighted by atomic mass is 9.83. The average Bonchev–Trinajstić information content (AvgIpc) is 2.43. The van der Waals surface area contributed by atoms with Crippen molar-refractivity contribution < 1.29 is 4.79 Å². The van der Waals surface area contributed by atoms with Crippen LogP contribution >= 0.6 is 0 Å². The van der Waals surface area contributed by atoms with E-state index in [1.807, 2.05) is 0 Å². The van der Waals surface area contributed by atoms with Gasteiger partial charge in [-0.3, -0.25) is 9.69 Å². The summed E-state index contributed by atoms with van der Waals surface area (Å²) in [5, 5.41) is 3.85. The van der Waals surface area contributed by atoms with Crippen LogP contribution in [0.15, 0.2) is 0 Å². The summed E-state index contributed by atoms with van der Waals surface area (Å²) in [5.41, 5.74) is 5.25. The summed E-state index contributed by atoms with van der Waals surface area (Å²) in [6, 6.07) is 1.38. The van der Waals surface area contributed by atoms with E-state index in [2.05, 4.69) is 17.1 Å². The second kappa shape index (κ2) is 7.99. The number of carbonyl (C=O) groups excluding carboxylic acids is 1. The first-order chi connectivity index (χ1) is 9.67. The van der Waals surface area contributed by atoms with Crippen LogP contribution in [0.2, 0.25) is 0 Å². The third-order valence-electron chi connectivity index (χ3n) is 4.98. The molecule has 1 heterocycles. The number of nitrogens with one attached hydrogen (secondary N) is 1. The Bertz CT molecular complexity index is 292. The van der Waals surface area contributed by atoms with E-state index in [1.54, 1.807) is 0 Å². The van der Waals surface area contributed by atoms with Gasteiger partial charge in [0.1, 0.15) is 0 Å². The van der Waals surface area contributed by atoms with Crippen molar-refractivity contribution in [2.75, 3.05) is 19.6 Å². The SMILES string of the molecule is CCCC1CCC(NC2CCN(CC(N)=O)CC2)CC1. The zero-order valence-corrected chi connectivity index (χ0v) is 12.9. The monoisotopic (exact) mass is 281 g/mol. The second-order valence-corrected chi connectivity index (χ2v) is 6.69. The minimum Gasteiger partial charge on any atom is -0.369 e. The number of carbonyl (C=O) groups is 1. The molecule has 0 spiro atoms. The molecule has 3 N–H and O–H groups in total. The van der Waals surface area contributed by atoms with Gasteiger partial charge in [0.2, 0.25) is 5.91 Å². The lowest BCUT2D eigenvalue weighted by molar-refractivity contribution is -0.119. The molecular formula is C16H31N3O. The molecule has 2 fully saturated rings. The van der Waals surface area contributed by atoms with Gasteiger partial charge >= 0.3 is 0 Å². The predicted octanol–water partition coefficient (Wildman–Crippen LogP) is 1.88. The van der Waals surface area contributed by atoms with Gasteiger partial charge in [0.15, 0.2) is 0 Å². The number of likely N-dealkylation sites (tertiary alicyclic amines) is 1. The Morgan fingerprint density at radius 2 is 1.70 bits per heavy atom. The topological polar surface area (TPSA) is 58.4 Å². The zero-order valence-electron chi connectivity index (χ0n) is 12.9. The summed E-state index contributed by atoms with van der Waals surface area (Å²) in [6.45, 7) is 4.73. The van der Waals surface area contributed by atoms with Crippen molar-refractivity contribution in [3.05, 3.63) is 0 Å². The van der Waals surface area contributed by atoms with E-state index in [-0.39, 0.29) is 5.91 Å². The number of nitrogens with two attached hydrogens (primary N) is 1. The van der Waals surface area contributed by atoms with Gasteiger partial charge in [0, 0.05) is 25.2 Å². The van der Waals surface area contributed by atoms with Crippen molar-refractivity contribution in [3.8, 4) is 0 Å². The maximum Gasteiger partial charge on any atom is 0.231 e. The van der Waals surface area contributed by atoms with Crippen LogP contribution in [-0.2, 0) is 4.79 Å². The quantitative estimate of drug-likeness (QED) is 0.781. The van der Waals surface area contributed by atoms with Crippen molar-refractivity contribution in [2.45, 2.75) is 70.4 Å². The fourth-order valence-electron chi connectivity index (χ4n) is 3.84. The first-order valence-electron chi connectivity index (χ1n) is 8.44. The minimum absolute atomic E-state index is 0.203. The number of amides is 1. The lowest BCUT2D eigenvalue weighted by Gasteiger charge is -2.36. The molecule has 1 saturated carbocycles. The molecule has 1 saturated heterocycles. The highest BCUT2D eigenvalue weighted by molar-refractivity contribution is 5.75. The predicted molar refractivity (Wildman–Crippen MR) is 82.4 cm³/mol. The molecule has 4 heteroatoms. The van der Waals surface area contributed by atoms with E-state index in [1.165, 1.54) is 38.5 Å². The minimum atomic E-state index is -0.203. The first kappa shape index (κ1) is 15.8. The molecule has 20 heavy (non-hydrogen) atoms. The van der Waals surface area contributed by atoms with E-state index in [0.29, 0.717) is 12.6 Å². The smallest absolute Gasteiger partial charge is 0.231 e. The molecule has 0 unspecified atom stereocenters. The van der Waals surface area contributed by atoms with Crippen LogP contribution in [0, 0.1) is 5.92 Å². The first-order valence-corrected chi connectivity index (χ1v) is 8.44. The summed E-state index contributed by atoms with van der Waals surface area (Å²) in [6.07, 6.45) is 10.6. The third kappa shape index (κ3) is 5.06. The summed E-state index contributed by atoms with van der Waals surface area (Å²) < 4.78 is 0. The van der Waals surface area contributed by atoms with Gasteiger partial charge in [-0.15, -0.1) is 0 Å². The summed E-state index contributed by atoms with van der Waals surface area (Å²) in [5.74, 6) is 0.779. The molecule has 0 bridgehead atoms. The van der Waals surface area contributed by atoms with Crippen molar-refractivity contribution in [1.29, 1.82) is 0 Å². The molecule has 116 valence electrons. The van der Waals surface area contributed by atoms with Crippen LogP contribution in [-0.4, -0.2) is 42.5 Å². The molecule has 0 atom stereocenters. The summed E-state index contributed by atoms with van der Waals surface area (Å²) in [4.78, 5) is 13.1. The van der Waals surface area contributed by atoms with Crippen molar-refractivity contribution in [3.63, 3.8) is 0 Å². The molecule has 1 aliphatic heterocycles. The summed E-state index contributed by atoms with van der Waals surface area (Å²) >= 11 is 0. The van der Waals surface area contributed by atoms with Crippen LogP contribution in [0.4, 0.5) is 0 Å². The van der Waals surface area contributed by atoms with E-state index in [0.717, 1.165) is 37.9 Å². The van der Waals surface area contributed by atoms with Crippen LogP contribution < -0.4 is 11.1 Å². The highest BCUT2D eigenvalue weighted by atomic mass is 16.1. The fraction of sp³-hybridized carbons (Fsp3) is 0.938. The Labute approximate surface area is 123 Å². The van der Waals surface area contributed by atoms with Gasteiger partial charge in [-0.05, 0) is 44.4 Å². The zero-order chi connectivity index (χ0) is 14.4. The number of hydrogen-bond donors (Lipinski definition) is 2. The Kier molecular flexibility index (Phi) is 6.30. The van der Waals surface area contributed by atoms with Gasteiger partial charge in [-0.1, -0.05) is 19.8 Å². The molecular weight excluding hydrogens is 250 g/mol.